The Morgan fingerprint density at radius 3 is 2.32 bits per heavy atom. The summed E-state index contributed by atoms with van der Waals surface area (Å²) in [6.07, 6.45) is 11.7. The van der Waals surface area contributed by atoms with Gasteiger partial charge in [-0.05, 0) is 83.0 Å². The first kappa shape index (κ1) is 27.8. The number of rotatable bonds is 11. The summed E-state index contributed by atoms with van der Waals surface area (Å²) >= 11 is 0. The molecule has 4 rings (SSSR count). The number of halogens is 1. The van der Waals surface area contributed by atoms with E-state index in [1.165, 1.54) is 56.9 Å². The molecule has 1 aliphatic carbocycles. The quantitative estimate of drug-likeness (QED) is 0.158. The van der Waals surface area contributed by atoms with Crippen LogP contribution >= 0.6 is 0 Å². The van der Waals surface area contributed by atoms with Gasteiger partial charge in [0.25, 0.3) is 0 Å². The first-order chi connectivity index (χ1) is 18.5. The largest absolute Gasteiger partial charge is 0.458 e. The van der Waals surface area contributed by atoms with Gasteiger partial charge >= 0.3 is 5.97 Å². The van der Waals surface area contributed by atoms with Crippen LogP contribution in [0, 0.1) is 11.7 Å². The van der Waals surface area contributed by atoms with Gasteiger partial charge in [-0.25, -0.2) is 9.18 Å². The van der Waals surface area contributed by atoms with E-state index < -0.39 is 5.97 Å². The van der Waals surface area contributed by atoms with Gasteiger partial charge in [-0.1, -0.05) is 87.7 Å². The Hall–Kier alpha value is -3.24. The SMILES string of the molecule is C=CC(=O)OCc1cc(-c2ccc(-c3ccc(C4CCC(CCCCC)CC4)cc3)cc2F)ccc1CO. The van der Waals surface area contributed by atoms with Crippen LogP contribution in [0.5, 0.6) is 0 Å². The van der Waals surface area contributed by atoms with E-state index in [4.69, 9.17) is 4.74 Å². The van der Waals surface area contributed by atoms with Crippen molar-refractivity contribution in [2.75, 3.05) is 0 Å². The van der Waals surface area contributed by atoms with Crippen molar-refractivity contribution in [1.82, 2.24) is 0 Å². The Morgan fingerprint density at radius 2 is 1.66 bits per heavy atom. The highest BCUT2D eigenvalue weighted by molar-refractivity contribution is 5.81. The van der Waals surface area contributed by atoms with Gasteiger partial charge in [-0.3, -0.25) is 0 Å². The van der Waals surface area contributed by atoms with Crippen LogP contribution in [0.2, 0.25) is 0 Å². The van der Waals surface area contributed by atoms with Crippen LogP contribution in [0.4, 0.5) is 4.39 Å². The van der Waals surface area contributed by atoms with Crippen molar-refractivity contribution in [3.8, 4) is 22.3 Å². The average Bonchev–Trinajstić information content (AvgIpc) is 2.96. The maximum atomic E-state index is 15.3. The zero-order valence-corrected chi connectivity index (χ0v) is 22.4. The minimum Gasteiger partial charge on any atom is -0.458 e. The summed E-state index contributed by atoms with van der Waals surface area (Å²) in [7, 11) is 0. The van der Waals surface area contributed by atoms with Gasteiger partial charge in [0.1, 0.15) is 12.4 Å². The van der Waals surface area contributed by atoms with Gasteiger partial charge in [0.15, 0.2) is 0 Å². The molecule has 0 aliphatic heterocycles. The molecule has 1 fully saturated rings. The third kappa shape index (κ3) is 6.99. The second kappa shape index (κ2) is 13.5. The van der Waals surface area contributed by atoms with Crippen LogP contribution in [0.1, 0.15) is 80.9 Å². The van der Waals surface area contributed by atoms with Crippen LogP contribution in [0.25, 0.3) is 22.3 Å². The number of hydrogen-bond donors (Lipinski definition) is 1. The van der Waals surface area contributed by atoms with E-state index in [0.29, 0.717) is 28.2 Å². The van der Waals surface area contributed by atoms with Crippen molar-refractivity contribution < 1.29 is 19.0 Å². The maximum Gasteiger partial charge on any atom is 0.330 e. The highest BCUT2D eigenvalue weighted by atomic mass is 19.1. The monoisotopic (exact) mass is 514 g/mol. The molecule has 3 aromatic rings. The fourth-order valence-corrected chi connectivity index (χ4v) is 5.63. The molecule has 0 radical (unpaired) electrons. The number of ether oxygens (including phenoxy) is 1. The molecule has 3 nitrogen and oxygen atoms in total. The van der Waals surface area contributed by atoms with Crippen LogP contribution in [0.3, 0.4) is 0 Å². The van der Waals surface area contributed by atoms with E-state index in [2.05, 4.69) is 37.8 Å². The molecule has 4 heteroatoms. The molecule has 1 aliphatic rings. The fraction of sp³-hybridized carbons (Fsp3) is 0.382. The van der Waals surface area contributed by atoms with Crippen LogP contribution in [-0.4, -0.2) is 11.1 Å². The molecule has 1 N–H and O–H groups in total. The molecule has 0 bridgehead atoms. The standard InChI is InChI=1S/C34H39FO3/c1-3-5-6-7-24-8-10-25(11-9-24)26-12-14-27(15-13-26)28-18-19-32(33(35)21-28)29-16-17-30(22-36)31(20-29)23-38-34(37)4-2/h4,12-21,24-25,36H,2-3,5-11,22-23H2,1H3. The van der Waals surface area contributed by atoms with Gasteiger partial charge in [0.2, 0.25) is 0 Å². The Labute approximate surface area is 226 Å². The summed E-state index contributed by atoms with van der Waals surface area (Å²) in [5, 5.41) is 9.64. The predicted molar refractivity (Wildman–Crippen MR) is 152 cm³/mol. The minimum atomic E-state index is -0.545. The summed E-state index contributed by atoms with van der Waals surface area (Å²) in [5.74, 6) is 0.666. The highest BCUT2D eigenvalue weighted by Crippen LogP contribution is 2.38. The lowest BCUT2D eigenvalue weighted by Gasteiger charge is -2.29. The van der Waals surface area contributed by atoms with E-state index in [1.807, 2.05) is 6.07 Å². The third-order valence-electron chi connectivity index (χ3n) is 7.97. The number of benzene rings is 3. The first-order valence-electron chi connectivity index (χ1n) is 13.9. The van der Waals surface area contributed by atoms with Crippen molar-refractivity contribution in [2.24, 2.45) is 5.92 Å². The van der Waals surface area contributed by atoms with Crippen molar-refractivity contribution in [3.05, 3.63) is 95.8 Å². The normalized spacial score (nSPS) is 17.2. The lowest BCUT2D eigenvalue weighted by molar-refractivity contribution is -0.139. The number of aliphatic hydroxyl groups is 1. The van der Waals surface area contributed by atoms with Crippen LogP contribution in [-0.2, 0) is 22.7 Å². The van der Waals surface area contributed by atoms with Gasteiger partial charge in [0.05, 0.1) is 6.61 Å². The minimum absolute atomic E-state index is 0.0128. The molecule has 38 heavy (non-hydrogen) atoms. The van der Waals surface area contributed by atoms with Crippen LogP contribution < -0.4 is 0 Å². The molecule has 0 atom stereocenters. The number of carbonyl (C=O) groups is 1. The van der Waals surface area contributed by atoms with E-state index in [9.17, 15) is 9.90 Å². The topological polar surface area (TPSA) is 46.5 Å². The first-order valence-corrected chi connectivity index (χ1v) is 13.9. The zero-order chi connectivity index (χ0) is 26.9. The fourth-order valence-electron chi connectivity index (χ4n) is 5.63. The van der Waals surface area contributed by atoms with Crippen molar-refractivity contribution in [3.63, 3.8) is 0 Å². The summed E-state index contributed by atoms with van der Waals surface area (Å²) in [6.45, 7) is 5.45. The molecule has 0 unspecified atom stereocenters. The number of carbonyl (C=O) groups excluding carboxylic acids is 1. The second-order valence-electron chi connectivity index (χ2n) is 10.5. The average molecular weight is 515 g/mol. The molecule has 0 saturated heterocycles. The highest BCUT2D eigenvalue weighted by Gasteiger charge is 2.22. The van der Waals surface area contributed by atoms with Crippen molar-refractivity contribution in [1.29, 1.82) is 0 Å². The van der Waals surface area contributed by atoms with Crippen LogP contribution in [0.15, 0.2) is 73.3 Å². The summed E-state index contributed by atoms with van der Waals surface area (Å²) in [4.78, 5) is 11.5. The van der Waals surface area contributed by atoms with Gasteiger partial charge in [-0.15, -0.1) is 0 Å². The molecule has 200 valence electrons. The predicted octanol–water partition coefficient (Wildman–Crippen LogP) is 8.74. The van der Waals surface area contributed by atoms with Gasteiger partial charge < -0.3 is 9.84 Å². The third-order valence-corrected chi connectivity index (χ3v) is 7.97. The number of esters is 1. The molecular weight excluding hydrogens is 475 g/mol. The molecule has 3 aromatic carbocycles. The van der Waals surface area contributed by atoms with Gasteiger partial charge in [0, 0.05) is 11.6 Å². The Kier molecular flexibility index (Phi) is 9.89. The van der Waals surface area contributed by atoms with E-state index >= 15 is 4.39 Å². The summed E-state index contributed by atoms with van der Waals surface area (Å²) in [5.41, 5.74) is 5.62. The second-order valence-corrected chi connectivity index (χ2v) is 10.5. The molecule has 0 aromatic heterocycles. The molecule has 0 amide bonds. The maximum absolute atomic E-state index is 15.3. The zero-order valence-electron chi connectivity index (χ0n) is 22.4. The van der Waals surface area contributed by atoms with E-state index in [-0.39, 0.29) is 19.0 Å². The van der Waals surface area contributed by atoms with E-state index in [0.717, 1.165) is 23.1 Å². The molecule has 0 spiro atoms. The lowest BCUT2D eigenvalue weighted by atomic mass is 9.77. The molecule has 1 saturated carbocycles. The van der Waals surface area contributed by atoms with Gasteiger partial charge in [-0.2, -0.15) is 0 Å². The summed E-state index contributed by atoms with van der Waals surface area (Å²) < 4.78 is 20.4. The molecular formula is C34H39FO3. The van der Waals surface area contributed by atoms with Crippen molar-refractivity contribution in [2.45, 2.75) is 77.4 Å². The Balaban J connectivity index is 1.44. The smallest absolute Gasteiger partial charge is 0.330 e. The number of unbranched alkanes of at least 4 members (excludes halogenated alkanes) is 2. The Bertz CT molecular complexity index is 1220. The molecule has 0 heterocycles. The number of aliphatic hydroxyl groups excluding tert-OH is 1. The Morgan fingerprint density at radius 1 is 0.947 bits per heavy atom. The van der Waals surface area contributed by atoms with E-state index in [1.54, 1.807) is 30.3 Å². The summed E-state index contributed by atoms with van der Waals surface area (Å²) in [6, 6.07) is 19.2. The lowest BCUT2D eigenvalue weighted by Crippen LogP contribution is -2.13. The number of hydrogen-bond acceptors (Lipinski definition) is 3. The van der Waals surface area contributed by atoms with Crippen molar-refractivity contribution >= 4 is 5.97 Å².